The first kappa shape index (κ1) is 7.30. The van der Waals surface area contributed by atoms with Crippen molar-refractivity contribution in [3.8, 4) is 0 Å². The molecule has 0 atom stereocenters. The normalized spacial score (nSPS) is 10.9. The summed E-state index contributed by atoms with van der Waals surface area (Å²) in [7, 11) is 3.89. The van der Waals surface area contributed by atoms with Crippen LogP contribution in [0.25, 0.3) is 0 Å². The molecule has 0 unspecified atom stereocenters. The highest BCUT2D eigenvalue weighted by Crippen LogP contribution is 1.71. The van der Waals surface area contributed by atoms with Gasteiger partial charge in [-0.15, -0.1) is 0 Å². The number of nitrogens with zero attached hydrogens (tertiary/aromatic N) is 3. The molecule has 0 aliphatic heterocycles. The second kappa shape index (κ2) is 4.46. The molecule has 0 aromatic heterocycles. The summed E-state index contributed by atoms with van der Waals surface area (Å²) in [5.74, 6) is 0. The molecule has 0 aliphatic rings. The van der Waals surface area contributed by atoms with Crippen molar-refractivity contribution in [1.82, 2.24) is 4.90 Å². The maximum atomic E-state index is 3.86. The highest BCUT2D eigenvalue weighted by Gasteiger charge is 1.78. The largest absolute Gasteiger partial charge is 0.291 e. The zero-order chi connectivity index (χ0) is 6.41. The summed E-state index contributed by atoms with van der Waals surface area (Å²) in [6.45, 7) is 3.92. The van der Waals surface area contributed by atoms with Crippen LogP contribution in [0.4, 0.5) is 0 Å². The molecule has 0 aliphatic carbocycles. The van der Waals surface area contributed by atoms with Gasteiger partial charge in [-0.2, -0.15) is 0 Å². The van der Waals surface area contributed by atoms with Crippen molar-refractivity contribution in [1.29, 1.82) is 0 Å². The van der Waals surface area contributed by atoms with Crippen LogP contribution in [0.2, 0.25) is 0 Å². The van der Waals surface area contributed by atoms with Gasteiger partial charge in [0.1, 0.15) is 6.34 Å². The van der Waals surface area contributed by atoms with Gasteiger partial charge in [0, 0.05) is 0 Å². The zero-order valence-electron chi connectivity index (χ0n) is 5.33. The average Bonchev–Trinajstić information content (AvgIpc) is 1.66. The van der Waals surface area contributed by atoms with Crippen LogP contribution in [0.1, 0.15) is 0 Å². The van der Waals surface area contributed by atoms with Crippen LogP contribution < -0.4 is 0 Å². The molecular weight excluding hydrogens is 102 g/mol. The molecule has 0 radical (unpaired) electrons. The van der Waals surface area contributed by atoms with Crippen LogP contribution in [-0.4, -0.2) is 38.7 Å². The van der Waals surface area contributed by atoms with Gasteiger partial charge in [0.2, 0.25) is 0 Å². The van der Waals surface area contributed by atoms with Crippen molar-refractivity contribution in [3.63, 3.8) is 0 Å². The maximum Gasteiger partial charge on any atom is 0.110 e. The van der Waals surface area contributed by atoms with E-state index < -0.39 is 0 Å². The Hall–Kier alpha value is -0.700. The van der Waals surface area contributed by atoms with Crippen molar-refractivity contribution in [3.05, 3.63) is 0 Å². The molecule has 3 nitrogen and oxygen atoms in total. The number of rotatable bonds is 3. The van der Waals surface area contributed by atoms with Crippen molar-refractivity contribution in [2.45, 2.75) is 0 Å². The van der Waals surface area contributed by atoms with Crippen molar-refractivity contribution in [2.75, 3.05) is 20.8 Å². The fourth-order valence-corrected chi connectivity index (χ4v) is 0.258. The van der Waals surface area contributed by atoms with E-state index in [4.69, 9.17) is 0 Å². The van der Waals surface area contributed by atoms with Gasteiger partial charge in [-0.05, 0) is 20.8 Å². The van der Waals surface area contributed by atoms with Crippen LogP contribution in [0.3, 0.4) is 0 Å². The molecule has 8 heavy (non-hydrogen) atoms. The Kier molecular flexibility index (Phi) is 4.07. The Morgan fingerprint density at radius 3 is 2.62 bits per heavy atom. The molecule has 0 saturated carbocycles. The number of aliphatic imine (C=N–C) groups is 2. The smallest absolute Gasteiger partial charge is 0.110 e. The van der Waals surface area contributed by atoms with Gasteiger partial charge in [-0.1, -0.05) is 0 Å². The molecule has 0 saturated heterocycles. The molecule has 0 N–H and O–H groups in total. The first-order valence-electron chi connectivity index (χ1n) is 2.36. The summed E-state index contributed by atoms with van der Waals surface area (Å²) in [6.07, 6.45) is 1.44. The third-order valence-corrected chi connectivity index (χ3v) is 0.528. The predicted molar refractivity (Wildman–Crippen MR) is 36.6 cm³/mol. The van der Waals surface area contributed by atoms with Gasteiger partial charge in [-0.3, -0.25) is 14.9 Å². The van der Waals surface area contributed by atoms with Crippen molar-refractivity contribution >= 4 is 13.1 Å². The minimum Gasteiger partial charge on any atom is -0.291 e. The standard InChI is InChI=1S/C5H11N3/c1-6-4-7-5-8(2)3/h4H,1,5H2,2-3H3/b7-4-. The van der Waals surface area contributed by atoms with Gasteiger partial charge in [0.05, 0.1) is 6.67 Å². The third kappa shape index (κ3) is 5.30. The minimum absolute atomic E-state index is 0.680. The molecule has 0 aromatic carbocycles. The van der Waals surface area contributed by atoms with E-state index in [1.54, 1.807) is 0 Å². The molecule has 0 heterocycles. The van der Waals surface area contributed by atoms with E-state index in [-0.39, 0.29) is 0 Å². The van der Waals surface area contributed by atoms with E-state index in [1.807, 2.05) is 19.0 Å². The van der Waals surface area contributed by atoms with Crippen LogP contribution in [0, 0.1) is 0 Å². The Labute approximate surface area is 49.7 Å². The SMILES string of the molecule is C=N/C=N\CN(C)C. The fourth-order valence-electron chi connectivity index (χ4n) is 0.258. The van der Waals surface area contributed by atoms with E-state index in [2.05, 4.69) is 16.7 Å². The second-order valence-electron chi connectivity index (χ2n) is 1.70. The summed E-state index contributed by atoms with van der Waals surface area (Å²) in [4.78, 5) is 9.25. The molecule has 0 amide bonds. The monoisotopic (exact) mass is 113 g/mol. The van der Waals surface area contributed by atoms with E-state index in [0.29, 0.717) is 6.67 Å². The van der Waals surface area contributed by atoms with E-state index >= 15 is 0 Å². The third-order valence-electron chi connectivity index (χ3n) is 0.528. The van der Waals surface area contributed by atoms with Gasteiger partial charge < -0.3 is 0 Å². The first-order chi connectivity index (χ1) is 3.77. The Morgan fingerprint density at radius 2 is 2.25 bits per heavy atom. The lowest BCUT2D eigenvalue weighted by Crippen LogP contribution is -2.10. The quantitative estimate of drug-likeness (QED) is 0.380. The lowest BCUT2D eigenvalue weighted by Gasteiger charge is -2.01. The highest BCUT2D eigenvalue weighted by molar-refractivity contribution is 5.61. The number of hydrogen-bond donors (Lipinski definition) is 0. The topological polar surface area (TPSA) is 28.0 Å². The van der Waals surface area contributed by atoms with Crippen molar-refractivity contribution < 1.29 is 0 Å². The van der Waals surface area contributed by atoms with E-state index in [0.717, 1.165) is 0 Å². The number of hydrogen-bond acceptors (Lipinski definition) is 2. The lowest BCUT2D eigenvalue weighted by atomic mass is 10.9. The first-order valence-corrected chi connectivity index (χ1v) is 2.36. The summed E-state index contributed by atoms with van der Waals surface area (Å²) >= 11 is 0. The molecule has 0 rings (SSSR count). The minimum atomic E-state index is 0.680. The molecule has 0 spiro atoms. The van der Waals surface area contributed by atoms with Crippen LogP contribution in [0.5, 0.6) is 0 Å². The van der Waals surface area contributed by atoms with Gasteiger partial charge in [0.15, 0.2) is 0 Å². The van der Waals surface area contributed by atoms with Gasteiger partial charge >= 0.3 is 0 Å². The molecule has 0 aromatic rings. The highest BCUT2D eigenvalue weighted by atomic mass is 15.1. The molecule has 46 valence electrons. The molecule has 0 fully saturated rings. The van der Waals surface area contributed by atoms with Crippen LogP contribution >= 0.6 is 0 Å². The Balaban J connectivity index is 3.15. The molecule has 0 bridgehead atoms. The predicted octanol–water partition coefficient (Wildman–Crippen LogP) is 0.234. The van der Waals surface area contributed by atoms with E-state index in [1.165, 1.54) is 6.34 Å². The van der Waals surface area contributed by atoms with Gasteiger partial charge in [0.25, 0.3) is 0 Å². The molecular formula is C5H11N3. The average molecular weight is 113 g/mol. The van der Waals surface area contributed by atoms with Crippen LogP contribution in [-0.2, 0) is 0 Å². The Bertz CT molecular complexity index is 85.7. The van der Waals surface area contributed by atoms with Crippen molar-refractivity contribution in [2.24, 2.45) is 9.98 Å². The van der Waals surface area contributed by atoms with Gasteiger partial charge in [-0.25, -0.2) is 0 Å². The Morgan fingerprint density at radius 1 is 1.62 bits per heavy atom. The summed E-state index contributed by atoms with van der Waals surface area (Å²) < 4.78 is 0. The van der Waals surface area contributed by atoms with E-state index in [9.17, 15) is 0 Å². The zero-order valence-corrected chi connectivity index (χ0v) is 5.33. The summed E-state index contributed by atoms with van der Waals surface area (Å²) in [5, 5.41) is 0. The fraction of sp³-hybridized carbons (Fsp3) is 0.600. The molecule has 3 heteroatoms. The maximum absolute atomic E-state index is 3.86. The summed E-state index contributed by atoms with van der Waals surface area (Å²) in [5.41, 5.74) is 0. The second-order valence-corrected chi connectivity index (χ2v) is 1.70. The lowest BCUT2D eigenvalue weighted by molar-refractivity contribution is 0.425. The summed E-state index contributed by atoms with van der Waals surface area (Å²) in [6, 6.07) is 0. The van der Waals surface area contributed by atoms with Crippen LogP contribution in [0.15, 0.2) is 9.98 Å².